The quantitative estimate of drug-likeness (QED) is 0.555. The van der Waals surface area contributed by atoms with E-state index in [1.165, 1.54) is 0 Å². The summed E-state index contributed by atoms with van der Waals surface area (Å²) in [6.45, 7) is 0.174. The van der Waals surface area contributed by atoms with Crippen molar-refractivity contribution in [1.29, 1.82) is 0 Å². The number of nitrogens with zero attached hydrogens (tertiary/aromatic N) is 1. The fraction of sp³-hybridized carbons (Fsp3) is 0.0588. The minimum Gasteiger partial charge on any atom is -0.454 e. The Labute approximate surface area is 150 Å². The van der Waals surface area contributed by atoms with Gasteiger partial charge < -0.3 is 14.2 Å². The van der Waals surface area contributed by atoms with Gasteiger partial charge in [0.25, 0.3) is 0 Å². The van der Waals surface area contributed by atoms with Crippen LogP contribution in [0.25, 0.3) is 6.08 Å². The number of halogens is 2. The van der Waals surface area contributed by atoms with Gasteiger partial charge in [0.1, 0.15) is 0 Å². The van der Waals surface area contributed by atoms with E-state index >= 15 is 0 Å². The van der Waals surface area contributed by atoms with Crippen molar-refractivity contribution in [2.45, 2.75) is 0 Å². The van der Waals surface area contributed by atoms with Crippen molar-refractivity contribution in [1.82, 2.24) is 0 Å². The lowest BCUT2D eigenvalue weighted by Gasteiger charge is -2.01. The molecule has 0 atom stereocenters. The van der Waals surface area contributed by atoms with Crippen LogP contribution in [0.15, 0.2) is 51.6 Å². The molecule has 5 nitrogen and oxygen atoms in total. The second-order valence-corrected chi connectivity index (χ2v) is 6.37. The zero-order chi connectivity index (χ0) is 16.7. The molecular formula is C17H9BrClNO4. The summed E-state index contributed by atoms with van der Waals surface area (Å²) in [5.74, 6) is 0.975. The number of carbonyl (C=O) groups excluding carboxylic acids is 1. The lowest BCUT2D eigenvalue weighted by molar-refractivity contribution is -0.129. The van der Waals surface area contributed by atoms with Gasteiger partial charge in [-0.1, -0.05) is 17.7 Å². The van der Waals surface area contributed by atoms with Crippen molar-refractivity contribution in [3.05, 3.63) is 62.7 Å². The van der Waals surface area contributed by atoms with Crippen LogP contribution in [0.5, 0.6) is 11.5 Å². The molecule has 0 bridgehead atoms. The molecule has 7 heteroatoms. The Kier molecular flexibility index (Phi) is 3.78. The third-order valence-corrected chi connectivity index (χ3v) is 4.27. The maximum Gasteiger partial charge on any atom is 0.363 e. The Hall–Kier alpha value is -2.31. The summed E-state index contributed by atoms with van der Waals surface area (Å²) in [7, 11) is 0. The van der Waals surface area contributed by atoms with E-state index in [2.05, 4.69) is 20.9 Å². The number of esters is 1. The molecule has 0 unspecified atom stereocenters. The van der Waals surface area contributed by atoms with Crippen molar-refractivity contribution in [3.63, 3.8) is 0 Å². The molecule has 0 aliphatic carbocycles. The molecule has 0 saturated carbocycles. The van der Waals surface area contributed by atoms with Crippen LogP contribution >= 0.6 is 27.5 Å². The average molecular weight is 407 g/mol. The predicted molar refractivity (Wildman–Crippen MR) is 92.3 cm³/mol. The molecule has 120 valence electrons. The summed E-state index contributed by atoms with van der Waals surface area (Å²) in [6, 6.07) is 10.6. The summed E-state index contributed by atoms with van der Waals surface area (Å²) in [5.41, 5.74) is 1.59. The first-order valence-electron chi connectivity index (χ1n) is 6.98. The van der Waals surface area contributed by atoms with Crippen molar-refractivity contribution < 1.29 is 19.0 Å². The molecule has 2 heterocycles. The van der Waals surface area contributed by atoms with Crippen LogP contribution in [0.1, 0.15) is 11.1 Å². The van der Waals surface area contributed by atoms with Gasteiger partial charge in [-0.2, -0.15) is 0 Å². The van der Waals surface area contributed by atoms with Crippen molar-refractivity contribution in [2.24, 2.45) is 4.99 Å². The highest BCUT2D eigenvalue weighted by molar-refractivity contribution is 9.10. The van der Waals surface area contributed by atoms with E-state index in [-0.39, 0.29) is 18.4 Å². The van der Waals surface area contributed by atoms with Crippen molar-refractivity contribution in [2.75, 3.05) is 6.79 Å². The zero-order valence-electron chi connectivity index (χ0n) is 12.1. The summed E-state index contributed by atoms with van der Waals surface area (Å²) < 4.78 is 16.7. The van der Waals surface area contributed by atoms with Crippen LogP contribution in [0.3, 0.4) is 0 Å². The van der Waals surface area contributed by atoms with Gasteiger partial charge in [0.05, 0.1) is 4.47 Å². The standard InChI is InChI=1S/C17H9BrClNO4/c18-12-4-9(6-14-15(12)23-8-22-14)5-13-17(21)24-16(20-13)10-2-1-3-11(19)7-10/h1-7H,8H2/b13-5-. The third kappa shape index (κ3) is 2.79. The van der Waals surface area contributed by atoms with E-state index in [0.717, 1.165) is 10.0 Å². The molecule has 0 amide bonds. The predicted octanol–water partition coefficient (Wildman–Crippen LogP) is 4.18. The maximum absolute atomic E-state index is 12.1. The molecule has 2 aliphatic heterocycles. The minimum atomic E-state index is -0.515. The molecule has 24 heavy (non-hydrogen) atoms. The Morgan fingerprint density at radius 2 is 2.08 bits per heavy atom. The summed E-state index contributed by atoms with van der Waals surface area (Å²) >= 11 is 9.37. The lowest BCUT2D eigenvalue weighted by Crippen LogP contribution is -2.05. The molecule has 2 aromatic rings. The number of aliphatic imine (C=N–C) groups is 1. The van der Waals surface area contributed by atoms with Crippen LogP contribution in [-0.2, 0) is 9.53 Å². The van der Waals surface area contributed by atoms with Gasteiger partial charge in [-0.15, -0.1) is 0 Å². The van der Waals surface area contributed by atoms with E-state index in [4.69, 9.17) is 25.8 Å². The van der Waals surface area contributed by atoms with Gasteiger partial charge in [-0.05, 0) is 57.9 Å². The first-order chi connectivity index (χ1) is 11.6. The second kappa shape index (κ2) is 5.96. The number of hydrogen-bond donors (Lipinski definition) is 0. The van der Waals surface area contributed by atoms with E-state index in [0.29, 0.717) is 22.1 Å². The smallest absolute Gasteiger partial charge is 0.363 e. The van der Waals surface area contributed by atoms with Crippen LogP contribution in [0.2, 0.25) is 5.02 Å². The molecule has 0 fully saturated rings. The highest BCUT2D eigenvalue weighted by atomic mass is 79.9. The van der Waals surface area contributed by atoms with Crippen molar-refractivity contribution >= 4 is 45.5 Å². The van der Waals surface area contributed by atoms with E-state index in [1.807, 2.05) is 6.07 Å². The number of ether oxygens (including phenoxy) is 3. The van der Waals surface area contributed by atoms with Crippen LogP contribution in [0, 0.1) is 0 Å². The van der Waals surface area contributed by atoms with Crippen LogP contribution in [-0.4, -0.2) is 18.7 Å². The van der Waals surface area contributed by atoms with E-state index in [9.17, 15) is 4.79 Å². The number of hydrogen-bond acceptors (Lipinski definition) is 5. The Balaban J connectivity index is 1.70. The van der Waals surface area contributed by atoms with E-state index < -0.39 is 5.97 Å². The van der Waals surface area contributed by atoms with Crippen LogP contribution in [0.4, 0.5) is 0 Å². The highest BCUT2D eigenvalue weighted by Crippen LogP contribution is 2.40. The molecule has 0 aromatic heterocycles. The molecule has 4 rings (SSSR count). The van der Waals surface area contributed by atoms with Gasteiger partial charge in [0.2, 0.25) is 12.7 Å². The lowest BCUT2D eigenvalue weighted by atomic mass is 10.1. The molecule has 0 saturated heterocycles. The van der Waals surface area contributed by atoms with Gasteiger partial charge in [-0.3, -0.25) is 0 Å². The Morgan fingerprint density at radius 3 is 2.92 bits per heavy atom. The normalized spacial score (nSPS) is 17.2. The summed E-state index contributed by atoms with van der Waals surface area (Å²) in [5, 5.41) is 0.545. The topological polar surface area (TPSA) is 57.1 Å². The molecular weight excluding hydrogens is 398 g/mol. The first-order valence-corrected chi connectivity index (χ1v) is 8.15. The van der Waals surface area contributed by atoms with Crippen molar-refractivity contribution in [3.8, 4) is 11.5 Å². The zero-order valence-corrected chi connectivity index (χ0v) is 14.4. The summed E-state index contributed by atoms with van der Waals surface area (Å²) in [6.07, 6.45) is 1.63. The number of carbonyl (C=O) groups is 1. The molecule has 2 aliphatic rings. The monoisotopic (exact) mass is 405 g/mol. The molecule has 0 N–H and O–H groups in total. The number of rotatable bonds is 2. The minimum absolute atomic E-state index is 0.174. The number of benzene rings is 2. The fourth-order valence-electron chi connectivity index (χ4n) is 2.38. The van der Waals surface area contributed by atoms with Gasteiger partial charge in [0.15, 0.2) is 17.2 Å². The Morgan fingerprint density at radius 1 is 1.21 bits per heavy atom. The van der Waals surface area contributed by atoms with Gasteiger partial charge in [0, 0.05) is 10.6 Å². The molecule has 0 radical (unpaired) electrons. The van der Waals surface area contributed by atoms with Gasteiger partial charge >= 0.3 is 5.97 Å². The summed E-state index contributed by atoms with van der Waals surface area (Å²) in [4.78, 5) is 16.3. The highest BCUT2D eigenvalue weighted by Gasteiger charge is 2.25. The second-order valence-electron chi connectivity index (χ2n) is 5.08. The number of cyclic esters (lactones) is 1. The SMILES string of the molecule is O=C1OC(c2cccc(Cl)c2)=N/C1=C\c1cc(Br)c2c(c1)OCO2. The average Bonchev–Trinajstić information content (AvgIpc) is 3.15. The van der Waals surface area contributed by atoms with Crippen LogP contribution < -0.4 is 9.47 Å². The fourth-order valence-corrected chi connectivity index (χ4v) is 3.15. The largest absolute Gasteiger partial charge is 0.454 e. The molecule has 2 aromatic carbocycles. The number of fused-ring (bicyclic) bond motifs is 1. The van der Waals surface area contributed by atoms with Gasteiger partial charge in [-0.25, -0.2) is 9.79 Å². The Bertz CT molecular complexity index is 923. The molecule has 0 spiro atoms. The van der Waals surface area contributed by atoms with E-state index in [1.54, 1.807) is 36.4 Å². The third-order valence-electron chi connectivity index (χ3n) is 3.45. The first kappa shape index (κ1) is 15.2. The maximum atomic E-state index is 12.1.